The van der Waals surface area contributed by atoms with Gasteiger partial charge in [0.05, 0.1) is 7.11 Å². The second kappa shape index (κ2) is 4.53. The van der Waals surface area contributed by atoms with Gasteiger partial charge in [0.1, 0.15) is 11.5 Å². The molecule has 1 aromatic rings. The second-order valence-electron chi connectivity index (χ2n) is 3.87. The molecule has 1 atom stereocenters. The van der Waals surface area contributed by atoms with Crippen LogP contribution in [-0.2, 0) is 0 Å². The van der Waals surface area contributed by atoms with Crippen molar-refractivity contribution >= 4 is 0 Å². The monoisotopic (exact) mass is 210 g/mol. The lowest BCUT2D eigenvalue weighted by Crippen LogP contribution is -2.04. The maximum absolute atomic E-state index is 10.0. The number of methoxy groups -OCH3 is 1. The van der Waals surface area contributed by atoms with Gasteiger partial charge in [0.25, 0.3) is 0 Å². The van der Waals surface area contributed by atoms with Crippen LogP contribution in [0.1, 0.15) is 29.5 Å². The van der Waals surface area contributed by atoms with Crippen LogP contribution in [0.3, 0.4) is 0 Å². The Morgan fingerprint density at radius 3 is 2.47 bits per heavy atom. The Kier molecular flexibility index (Phi) is 3.58. The van der Waals surface area contributed by atoms with Crippen molar-refractivity contribution in [3.8, 4) is 11.5 Å². The minimum Gasteiger partial charge on any atom is -0.507 e. The number of rotatable bonds is 3. The lowest BCUT2D eigenvalue weighted by Gasteiger charge is -2.18. The summed E-state index contributed by atoms with van der Waals surface area (Å²) in [7, 11) is 1.58. The van der Waals surface area contributed by atoms with Crippen LogP contribution in [0.2, 0.25) is 0 Å². The van der Waals surface area contributed by atoms with E-state index < -0.39 is 0 Å². The molecule has 1 aromatic carbocycles. The maximum Gasteiger partial charge on any atom is 0.125 e. The van der Waals surface area contributed by atoms with Crippen LogP contribution in [0.5, 0.6) is 11.5 Å². The van der Waals surface area contributed by atoms with Gasteiger partial charge in [0.15, 0.2) is 0 Å². The molecule has 0 aliphatic carbocycles. The molecule has 0 amide bonds. The largest absolute Gasteiger partial charge is 0.507 e. The summed E-state index contributed by atoms with van der Waals surface area (Å²) in [4.78, 5) is 0. The molecule has 0 spiro atoms. The first-order chi connectivity index (χ1) is 7.02. The van der Waals surface area contributed by atoms with Gasteiger partial charge in [-0.15, -0.1) is 0 Å². The molecule has 0 saturated carbocycles. The molecule has 2 N–H and O–H groups in total. The molecule has 0 bridgehead atoms. The van der Waals surface area contributed by atoms with E-state index in [2.05, 4.69) is 0 Å². The van der Waals surface area contributed by atoms with Crippen molar-refractivity contribution in [2.75, 3.05) is 13.7 Å². The molecule has 15 heavy (non-hydrogen) atoms. The van der Waals surface area contributed by atoms with Crippen LogP contribution in [0.4, 0.5) is 0 Å². The number of aromatic hydroxyl groups is 1. The van der Waals surface area contributed by atoms with Crippen molar-refractivity contribution in [3.63, 3.8) is 0 Å². The lowest BCUT2D eigenvalue weighted by atomic mass is 9.93. The molecule has 0 radical (unpaired) electrons. The Morgan fingerprint density at radius 2 is 2.00 bits per heavy atom. The number of aliphatic hydroxyl groups is 1. The predicted octanol–water partition coefficient (Wildman–Crippen LogP) is 2.11. The second-order valence-corrected chi connectivity index (χ2v) is 3.87. The van der Waals surface area contributed by atoms with E-state index in [1.54, 1.807) is 14.0 Å². The third-order valence-electron chi connectivity index (χ3n) is 2.74. The number of phenols is 1. The van der Waals surface area contributed by atoms with Crippen molar-refractivity contribution < 1.29 is 14.9 Å². The molecule has 0 saturated heterocycles. The SMILES string of the molecule is COc1cc(C)c(C(C)CO)c(O)c1C. The molecular weight excluding hydrogens is 192 g/mol. The Labute approximate surface area is 90.3 Å². The van der Waals surface area contributed by atoms with Gasteiger partial charge in [-0.05, 0) is 25.5 Å². The number of phenolic OH excluding ortho intramolecular Hbond substituents is 1. The number of hydrogen-bond donors (Lipinski definition) is 2. The highest BCUT2D eigenvalue weighted by atomic mass is 16.5. The molecule has 0 fully saturated rings. The van der Waals surface area contributed by atoms with Crippen molar-refractivity contribution in [2.24, 2.45) is 0 Å². The fraction of sp³-hybridized carbons (Fsp3) is 0.500. The zero-order chi connectivity index (χ0) is 11.6. The molecule has 0 aromatic heterocycles. The molecule has 3 nitrogen and oxygen atoms in total. The van der Waals surface area contributed by atoms with E-state index in [9.17, 15) is 5.11 Å². The fourth-order valence-corrected chi connectivity index (χ4v) is 1.81. The highest BCUT2D eigenvalue weighted by Gasteiger charge is 2.17. The topological polar surface area (TPSA) is 49.7 Å². The number of aryl methyl sites for hydroxylation is 1. The van der Waals surface area contributed by atoms with Gasteiger partial charge >= 0.3 is 0 Å². The van der Waals surface area contributed by atoms with Gasteiger partial charge in [-0.25, -0.2) is 0 Å². The van der Waals surface area contributed by atoms with E-state index in [4.69, 9.17) is 9.84 Å². The predicted molar refractivity (Wildman–Crippen MR) is 59.6 cm³/mol. The summed E-state index contributed by atoms with van der Waals surface area (Å²) in [5.74, 6) is 0.849. The molecular formula is C12H18O3. The van der Waals surface area contributed by atoms with Crippen molar-refractivity contribution in [3.05, 3.63) is 22.8 Å². The summed E-state index contributed by atoms with van der Waals surface area (Å²) >= 11 is 0. The first kappa shape index (κ1) is 11.9. The van der Waals surface area contributed by atoms with Crippen LogP contribution in [0.25, 0.3) is 0 Å². The summed E-state index contributed by atoms with van der Waals surface area (Å²) in [5, 5.41) is 19.1. The highest BCUT2D eigenvalue weighted by molar-refractivity contribution is 5.53. The molecule has 0 aliphatic rings. The lowest BCUT2D eigenvalue weighted by molar-refractivity contribution is 0.269. The molecule has 3 heteroatoms. The van der Waals surface area contributed by atoms with E-state index >= 15 is 0 Å². The zero-order valence-electron chi connectivity index (χ0n) is 9.66. The molecule has 1 unspecified atom stereocenters. The molecule has 0 aliphatic heterocycles. The standard InChI is InChI=1S/C12H18O3/c1-7-5-10(15-4)9(3)12(14)11(7)8(2)6-13/h5,8,13-14H,6H2,1-4H3. The average molecular weight is 210 g/mol. The van der Waals surface area contributed by atoms with E-state index in [1.807, 2.05) is 19.9 Å². The van der Waals surface area contributed by atoms with Gasteiger partial charge in [-0.3, -0.25) is 0 Å². The number of benzene rings is 1. The van der Waals surface area contributed by atoms with Crippen LogP contribution < -0.4 is 4.74 Å². The van der Waals surface area contributed by atoms with E-state index in [0.29, 0.717) is 5.75 Å². The summed E-state index contributed by atoms with van der Waals surface area (Å²) in [5.41, 5.74) is 2.46. The third kappa shape index (κ3) is 2.07. The van der Waals surface area contributed by atoms with Gasteiger partial charge in [0.2, 0.25) is 0 Å². The Morgan fingerprint density at radius 1 is 1.40 bits per heavy atom. The Balaban J connectivity index is 3.35. The minimum absolute atomic E-state index is 0.0279. The molecule has 0 heterocycles. The van der Waals surface area contributed by atoms with Crippen LogP contribution in [0.15, 0.2) is 6.07 Å². The van der Waals surface area contributed by atoms with Crippen LogP contribution >= 0.6 is 0 Å². The zero-order valence-corrected chi connectivity index (χ0v) is 9.66. The highest BCUT2D eigenvalue weighted by Crippen LogP contribution is 2.37. The molecule has 1 rings (SSSR count). The number of ether oxygens (including phenoxy) is 1. The first-order valence-electron chi connectivity index (χ1n) is 5.00. The fourth-order valence-electron chi connectivity index (χ4n) is 1.81. The van der Waals surface area contributed by atoms with Crippen LogP contribution in [-0.4, -0.2) is 23.9 Å². The normalized spacial score (nSPS) is 12.6. The van der Waals surface area contributed by atoms with Gasteiger partial charge in [-0.1, -0.05) is 6.92 Å². The van der Waals surface area contributed by atoms with Gasteiger partial charge < -0.3 is 14.9 Å². The van der Waals surface area contributed by atoms with E-state index in [0.717, 1.165) is 16.7 Å². The summed E-state index contributed by atoms with van der Waals surface area (Å²) in [6, 6.07) is 1.89. The van der Waals surface area contributed by atoms with Crippen molar-refractivity contribution in [1.82, 2.24) is 0 Å². The van der Waals surface area contributed by atoms with Gasteiger partial charge in [-0.2, -0.15) is 0 Å². The quantitative estimate of drug-likeness (QED) is 0.803. The third-order valence-corrected chi connectivity index (χ3v) is 2.74. The van der Waals surface area contributed by atoms with E-state index in [1.165, 1.54) is 0 Å². The smallest absolute Gasteiger partial charge is 0.125 e. The number of hydrogen-bond acceptors (Lipinski definition) is 3. The Bertz CT molecular complexity index is 358. The van der Waals surface area contributed by atoms with Crippen LogP contribution in [0, 0.1) is 13.8 Å². The van der Waals surface area contributed by atoms with Crippen molar-refractivity contribution in [2.45, 2.75) is 26.7 Å². The minimum atomic E-state index is -0.0605. The van der Waals surface area contributed by atoms with Gasteiger partial charge in [0, 0.05) is 23.7 Å². The summed E-state index contributed by atoms with van der Waals surface area (Å²) < 4.78 is 5.15. The Hall–Kier alpha value is -1.22. The number of aliphatic hydroxyl groups excluding tert-OH is 1. The average Bonchev–Trinajstić information content (AvgIpc) is 2.23. The summed E-state index contributed by atoms with van der Waals surface area (Å²) in [6.45, 7) is 5.62. The first-order valence-corrected chi connectivity index (χ1v) is 5.00. The molecule has 84 valence electrons. The van der Waals surface area contributed by atoms with Crippen molar-refractivity contribution in [1.29, 1.82) is 0 Å². The summed E-state index contributed by atoms with van der Waals surface area (Å²) in [6.07, 6.45) is 0. The van der Waals surface area contributed by atoms with E-state index in [-0.39, 0.29) is 18.3 Å². The maximum atomic E-state index is 10.0.